The van der Waals surface area contributed by atoms with E-state index in [1.165, 1.54) is 10.5 Å². The summed E-state index contributed by atoms with van der Waals surface area (Å²) in [7, 11) is 0. The third-order valence-corrected chi connectivity index (χ3v) is 4.08. The Hall–Kier alpha value is -1.94. The zero-order valence-corrected chi connectivity index (χ0v) is 11.6. The topological polar surface area (TPSA) is 49.4 Å². The van der Waals surface area contributed by atoms with E-state index in [-0.39, 0.29) is 11.8 Å². The predicted molar refractivity (Wildman–Crippen MR) is 76.6 cm³/mol. The Morgan fingerprint density at radius 2 is 1.65 bits per heavy atom. The minimum Gasteiger partial charge on any atom is -0.316 e. The van der Waals surface area contributed by atoms with Crippen molar-refractivity contribution in [3.63, 3.8) is 0 Å². The van der Waals surface area contributed by atoms with Gasteiger partial charge in [-0.25, -0.2) is 0 Å². The smallest absolute Gasteiger partial charge is 0.261 e. The highest BCUT2D eigenvalue weighted by Crippen LogP contribution is 2.25. The predicted octanol–water partition coefficient (Wildman–Crippen LogP) is 1.98. The van der Waals surface area contributed by atoms with Crippen molar-refractivity contribution < 1.29 is 9.59 Å². The van der Waals surface area contributed by atoms with E-state index >= 15 is 0 Å². The van der Waals surface area contributed by atoms with Crippen molar-refractivity contribution in [1.82, 2.24) is 10.2 Å². The van der Waals surface area contributed by atoms with Gasteiger partial charge in [0.25, 0.3) is 11.8 Å². The molecule has 1 aromatic carbocycles. The lowest BCUT2D eigenvalue weighted by Gasteiger charge is -2.21. The van der Waals surface area contributed by atoms with Gasteiger partial charge < -0.3 is 5.32 Å². The zero-order valence-electron chi connectivity index (χ0n) is 11.6. The van der Waals surface area contributed by atoms with Gasteiger partial charge in [-0.15, -0.1) is 0 Å². The van der Waals surface area contributed by atoms with Gasteiger partial charge >= 0.3 is 0 Å². The fraction of sp³-hybridized carbons (Fsp3) is 0.375. The van der Waals surface area contributed by atoms with Crippen molar-refractivity contribution in [1.29, 1.82) is 0 Å². The second kappa shape index (κ2) is 5.21. The third-order valence-electron chi connectivity index (χ3n) is 4.08. The van der Waals surface area contributed by atoms with Gasteiger partial charge in [-0.2, -0.15) is 0 Å². The van der Waals surface area contributed by atoms with Crippen molar-refractivity contribution in [2.45, 2.75) is 19.8 Å². The van der Waals surface area contributed by atoms with Crippen LogP contribution in [0.15, 0.2) is 35.4 Å². The highest BCUT2D eigenvalue weighted by atomic mass is 16.2. The van der Waals surface area contributed by atoms with Crippen LogP contribution in [0.4, 0.5) is 0 Å². The van der Waals surface area contributed by atoms with E-state index in [0.717, 1.165) is 31.5 Å². The van der Waals surface area contributed by atoms with E-state index in [1.807, 2.05) is 6.92 Å². The highest BCUT2D eigenvalue weighted by molar-refractivity contribution is 6.21. The Morgan fingerprint density at radius 3 is 2.20 bits per heavy atom. The summed E-state index contributed by atoms with van der Waals surface area (Å²) in [6.07, 6.45) is 2.02. The van der Waals surface area contributed by atoms with Gasteiger partial charge in [-0.05, 0) is 45.0 Å². The van der Waals surface area contributed by atoms with Crippen molar-refractivity contribution in [2.24, 2.45) is 0 Å². The maximum atomic E-state index is 12.3. The molecule has 2 heterocycles. The van der Waals surface area contributed by atoms with Crippen LogP contribution in [-0.4, -0.2) is 36.3 Å². The summed E-state index contributed by atoms with van der Waals surface area (Å²) in [5.74, 6) is -0.334. The number of hydrogen-bond donors (Lipinski definition) is 1. The molecular formula is C16H18N2O2. The number of nitrogens with zero attached hydrogens (tertiary/aromatic N) is 1. The third kappa shape index (κ3) is 2.16. The molecule has 3 rings (SSSR count). The molecule has 0 unspecified atom stereocenters. The summed E-state index contributed by atoms with van der Waals surface area (Å²) in [5.41, 5.74) is 3.59. The van der Waals surface area contributed by atoms with Crippen LogP contribution in [0.3, 0.4) is 0 Å². The molecule has 2 amide bonds. The van der Waals surface area contributed by atoms with Gasteiger partial charge in [0.15, 0.2) is 0 Å². The van der Waals surface area contributed by atoms with E-state index in [2.05, 4.69) is 5.32 Å². The maximum Gasteiger partial charge on any atom is 0.261 e. The first-order valence-corrected chi connectivity index (χ1v) is 7.02. The van der Waals surface area contributed by atoms with E-state index in [9.17, 15) is 9.59 Å². The molecule has 1 aromatic rings. The van der Waals surface area contributed by atoms with Crippen LogP contribution >= 0.6 is 0 Å². The standard InChI is InChI=1S/C16H18N2O2/c1-11(12-6-8-17-9-7-12)10-18-15(19)13-4-2-3-5-14(13)16(18)20/h2-5,17H,6-10H2,1H3. The summed E-state index contributed by atoms with van der Waals surface area (Å²) in [6, 6.07) is 7.04. The fourth-order valence-corrected chi connectivity index (χ4v) is 2.89. The van der Waals surface area contributed by atoms with Crippen LogP contribution in [0.1, 0.15) is 40.5 Å². The van der Waals surface area contributed by atoms with Crippen LogP contribution in [0.5, 0.6) is 0 Å². The van der Waals surface area contributed by atoms with Crippen LogP contribution in [0, 0.1) is 0 Å². The van der Waals surface area contributed by atoms with Crippen LogP contribution in [0.2, 0.25) is 0 Å². The molecule has 2 aliphatic heterocycles. The molecule has 4 nitrogen and oxygen atoms in total. The highest BCUT2D eigenvalue weighted by Gasteiger charge is 2.35. The minimum atomic E-state index is -0.167. The lowest BCUT2D eigenvalue weighted by molar-refractivity contribution is 0.0667. The number of nitrogens with one attached hydrogen (secondary N) is 1. The van der Waals surface area contributed by atoms with Gasteiger partial charge in [-0.3, -0.25) is 14.5 Å². The molecule has 104 valence electrons. The number of carbonyl (C=O) groups is 2. The van der Waals surface area contributed by atoms with E-state index < -0.39 is 0 Å². The largest absolute Gasteiger partial charge is 0.316 e. The number of amides is 2. The molecule has 0 atom stereocenters. The van der Waals surface area contributed by atoms with E-state index in [0.29, 0.717) is 17.7 Å². The number of carbonyl (C=O) groups excluding carboxylic acids is 2. The molecule has 0 aliphatic carbocycles. The molecule has 0 radical (unpaired) electrons. The monoisotopic (exact) mass is 270 g/mol. The number of hydrogen-bond acceptors (Lipinski definition) is 3. The first-order chi connectivity index (χ1) is 9.68. The number of fused-ring (bicyclic) bond motifs is 1. The normalized spacial score (nSPS) is 18.4. The lowest BCUT2D eigenvalue weighted by Crippen LogP contribution is -2.32. The molecule has 4 heteroatoms. The molecule has 0 aromatic heterocycles. The van der Waals surface area contributed by atoms with Gasteiger partial charge in [0, 0.05) is 0 Å². The van der Waals surface area contributed by atoms with Crippen LogP contribution in [0.25, 0.3) is 0 Å². The molecule has 0 bridgehead atoms. The average molecular weight is 270 g/mol. The van der Waals surface area contributed by atoms with Crippen molar-refractivity contribution in [2.75, 3.05) is 19.6 Å². The molecule has 0 saturated carbocycles. The molecule has 0 spiro atoms. The Balaban J connectivity index is 1.83. The Morgan fingerprint density at radius 1 is 1.10 bits per heavy atom. The number of imide groups is 1. The van der Waals surface area contributed by atoms with Gasteiger partial charge in [0.05, 0.1) is 17.7 Å². The second-order valence-electron chi connectivity index (χ2n) is 5.38. The van der Waals surface area contributed by atoms with Crippen molar-refractivity contribution >= 4 is 11.8 Å². The molecule has 20 heavy (non-hydrogen) atoms. The number of benzene rings is 1. The van der Waals surface area contributed by atoms with E-state index in [4.69, 9.17) is 0 Å². The van der Waals surface area contributed by atoms with Crippen LogP contribution < -0.4 is 5.32 Å². The lowest BCUT2D eigenvalue weighted by atomic mass is 9.99. The minimum absolute atomic E-state index is 0.167. The Bertz CT molecular complexity index is 561. The summed E-state index contributed by atoms with van der Waals surface area (Å²) in [6.45, 7) is 4.41. The summed E-state index contributed by atoms with van der Waals surface area (Å²) in [4.78, 5) is 26.0. The summed E-state index contributed by atoms with van der Waals surface area (Å²) in [5, 5.41) is 3.31. The van der Waals surface area contributed by atoms with Gasteiger partial charge in [0.1, 0.15) is 0 Å². The first-order valence-electron chi connectivity index (χ1n) is 7.02. The fourth-order valence-electron chi connectivity index (χ4n) is 2.89. The molecule has 1 saturated heterocycles. The quantitative estimate of drug-likeness (QED) is 0.660. The SMILES string of the molecule is CC(CN1C(=O)c2ccccc2C1=O)=C1CCNCC1. The molecular weight excluding hydrogens is 252 g/mol. The average Bonchev–Trinajstić information content (AvgIpc) is 2.74. The summed E-state index contributed by atoms with van der Waals surface area (Å²) >= 11 is 0. The molecule has 2 aliphatic rings. The first kappa shape index (κ1) is 13.1. The van der Waals surface area contributed by atoms with Crippen molar-refractivity contribution in [3.05, 3.63) is 46.5 Å². The van der Waals surface area contributed by atoms with Gasteiger partial charge in [0.2, 0.25) is 0 Å². The molecule has 1 N–H and O–H groups in total. The van der Waals surface area contributed by atoms with Crippen LogP contribution in [-0.2, 0) is 0 Å². The zero-order chi connectivity index (χ0) is 14.1. The summed E-state index contributed by atoms with van der Waals surface area (Å²) < 4.78 is 0. The Labute approximate surface area is 118 Å². The van der Waals surface area contributed by atoms with E-state index in [1.54, 1.807) is 24.3 Å². The molecule has 1 fully saturated rings. The second-order valence-corrected chi connectivity index (χ2v) is 5.38. The van der Waals surface area contributed by atoms with Gasteiger partial charge in [-0.1, -0.05) is 23.3 Å². The number of rotatable bonds is 2. The Kier molecular flexibility index (Phi) is 3.40. The van der Waals surface area contributed by atoms with Crippen molar-refractivity contribution in [3.8, 4) is 0 Å². The maximum absolute atomic E-state index is 12.3. The number of piperidine rings is 1.